The molecule has 0 saturated carbocycles. The van der Waals surface area contributed by atoms with E-state index < -0.39 is 30.0 Å². The average Bonchev–Trinajstić information content (AvgIpc) is 2.67. The molecule has 0 bridgehead atoms. The molecule has 0 saturated heterocycles. The monoisotopic (exact) mass is 389 g/mol. The van der Waals surface area contributed by atoms with Crippen LogP contribution < -0.4 is 10.5 Å². The van der Waals surface area contributed by atoms with Crippen LogP contribution in [0.5, 0.6) is 17.2 Å². The molecule has 2 aromatic carbocycles. The number of aliphatic carboxylic acids is 1. The first-order valence-corrected chi connectivity index (χ1v) is 8.58. The lowest BCUT2D eigenvalue weighted by atomic mass is 9.87. The summed E-state index contributed by atoms with van der Waals surface area (Å²) in [7, 11) is 1.52. The maximum atomic E-state index is 12.3. The van der Waals surface area contributed by atoms with Crippen molar-refractivity contribution >= 4 is 11.9 Å². The molecular formula is C20H23NO7. The Morgan fingerprint density at radius 2 is 1.71 bits per heavy atom. The SMILES string of the molecule is COc1ccc(C(=O)O[C@H](C)CC(c2ccc(O)c(O)c2)[C@H](N)C(=O)O)cc1. The molecule has 0 heterocycles. The number of carbonyl (C=O) groups excluding carboxylic acids is 1. The molecule has 0 aliphatic rings. The summed E-state index contributed by atoms with van der Waals surface area (Å²) in [4.78, 5) is 23.7. The number of nitrogens with two attached hydrogens (primary N) is 1. The van der Waals surface area contributed by atoms with Gasteiger partial charge in [-0.05, 0) is 55.3 Å². The number of aromatic hydroxyl groups is 2. The molecule has 28 heavy (non-hydrogen) atoms. The number of rotatable bonds is 8. The molecule has 1 unspecified atom stereocenters. The van der Waals surface area contributed by atoms with Crippen LogP contribution in [0.3, 0.4) is 0 Å². The molecule has 0 aromatic heterocycles. The zero-order chi connectivity index (χ0) is 20.8. The van der Waals surface area contributed by atoms with Crippen LogP contribution in [-0.2, 0) is 9.53 Å². The molecule has 2 rings (SSSR count). The second kappa shape index (κ2) is 9.09. The fourth-order valence-electron chi connectivity index (χ4n) is 2.82. The summed E-state index contributed by atoms with van der Waals surface area (Å²) in [5.74, 6) is -2.65. The van der Waals surface area contributed by atoms with Crippen molar-refractivity contribution < 1.29 is 34.4 Å². The summed E-state index contributed by atoms with van der Waals surface area (Å²) in [6.07, 6.45) is -0.541. The molecule has 3 atom stereocenters. The first kappa shape index (κ1) is 21.0. The van der Waals surface area contributed by atoms with E-state index in [0.29, 0.717) is 16.9 Å². The first-order chi connectivity index (χ1) is 13.2. The second-order valence-corrected chi connectivity index (χ2v) is 6.40. The highest BCUT2D eigenvalue weighted by atomic mass is 16.5. The lowest BCUT2D eigenvalue weighted by molar-refractivity contribution is -0.139. The number of esters is 1. The third kappa shape index (κ3) is 5.14. The number of ether oxygens (including phenoxy) is 2. The third-order valence-electron chi connectivity index (χ3n) is 4.37. The predicted molar refractivity (Wildman–Crippen MR) is 101 cm³/mol. The van der Waals surface area contributed by atoms with Gasteiger partial charge in [0.25, 0.3) is 0 Å². The van der Waals surface area contributed by atoms with Crippen molar-refractivity contribution in [3.63, 3.8) is 0 Å². The third-order valence-corrected chi connectivity index (χ3v) is 4.37. The molecule has 8 heteroatoms. The van der Waals surface area contributed by atoms with Crippen LogP contribution in [0.4, 0.5) is 0 Å². The zero-order valence-electron chi connectivity index (χ0n) is 15.5. The average molecular weight is 389 g/mol. The van der Waals surface area contributed by atoms with Crippen molar-refractivity contribution in [3.8, 4) is 17.2 Å². The van der Waals surface area contributed by atoms with E-state index in [1.54, 1.807) is 31.2 Å². The van der Waals surface area contributed by atoms with E-state index in [9.17, 15) is 24.9 Å². The van der Waals surface area contributed by atoms with Gasteiger partial charge in [0.15, 0.2) is 11.5 Å². The summed E-state index contributed by atoms with van der Waals surface area (Å²) in [6.45, 7) is 1.63. The smallest absolute Gasteiger partial charge is 0.338 e. The van der Waals surface area contributed by atoms with E-state index in [2.05, 4.69) is 0 Å². The Morgan fingerprint density at radius 1 is 1.07 bits per heavy atom. The Labute approximate surface area is 162 Å². The summed E-state index contributed by atoms with van der Waals surface area (Å²) in [5.41, 5.74) is 6.55. The number of carboxylic acids is 1. The maximum absolute atomic E-state index is 12.3. The normalized spacial score (nSPS) is 14.0. The highest BCUT2D eigenvalue weighted by Crippen LogP contribution is 2.32. The first-order valence-electron chi connectivity index (χ1n) is 8.58. The van der Waals surface area contributed by atoms with Crippen LogP contribution in [0.1, 0.15) is 35.2 Å². The van der Waals surface area contributed by atoms with Crippen LogP contribution >= 0.6 is 0 Å². The van der Waals surface area contributed by atoms with Gasteiger partial charge in [0, 0.05) is 5.92 Å². The number of carbonyl (C=O) groups is 2. The lowest BCUT2D eigenvalue weighted by Crippen LogP contribution is -2.38. The fraction of sp³-hybridized carbons (Fsp3) is 0.300. The van der Waals surface area contributed by atoms with Crippen LogP contribution in [-0.4, -0.2) is 46.5 Å². The van der Waals surface area contributed by atoms with Gasteiger partial charge in [0.1, 0.15) is 17.9 Å². The van der Waals surface area contributed by atoms with E-state index in [1.807, 2.05) is 0 Å². The van der Waals surface area contributed by atoms with Crippen molar-refractivity contribution in [2.24, 2.45) is 5.73 Å². The van der Waals surface area contributed by atoms with Gasteiger partial charge in [-0.15, -0.1) is 0 Å². The number of hydrogen-bond donors (Lipinski definition) is 4. The Kier molecular flexibility index (Phi) is 6.84. The van der Waals surface area contributed by atoms with Gasteiger partial charge in [0.2, 0.25) is 0 Å². The Hall–Kier alpha value is -3.26. The van der Waals surface area contributed by atoms with Crippen molar-refractivity contribution in [2.75, 3.05) is 7.11 Å². The number of methoxy groups -OCH3 is 1. The Bertz CT molecular complexity index is 835. The standard InChI is InChI=1S/C20H23NO7/c1-11(28-20(26)12-3-6-14(27-2)7-4-12)9-15(18(21)19(24)25)13-5-8-16(22)17(23)10-13/h3-8,10-11,15,18,22-23H,9,21H2,1-2H3,(H,24,25)/t11-,15?,18+/m1/s1. The molecular weight excluding hydrogens is 366 g/mol. The largest absolute Gasteiger partial charge is 0.504 e. The number of phenolic OH excluding ortho intramolecular Hbond substituents is 2. The zero-order valence-corrected chi connectivity index (χ0v) is 15.5. The number of hydrogen-bond acceptors (Lipinski definition) is 7. The van der Waals surface area contributed by atoms with Gasteiger partial charge in [-0.25, -0.2) is 4.79 Å². The van der Waals surface area contributed by atoms with E-state index in [1.165, 1.54) is 25.3 Å². The fourth-order valence-corrected chi connectivity index (χ4v) is 2.82. The molecule has 0 amide bonds. The summed E-state index contributed by atoms with van der Waals surface area (Å²) < 4.78 is 10.4. The highest BCUT2D eigenvalue weighted by molar-refractivity contribution is 5.89. The predicted octanol–water partition coefficient (Wildman–Crippen LogP) is 2.24. The van der Waals surface area contributed by atoms with E-state index in [-0.39, 0.29) is 17.9 Å². The van der Waals surface area contributed by atoms with Gasteiger partial charge >= 0.3 is 11.9 Å². The highest BCUT2D eigenvalue weighted by Gasteiger charge is 2.29. The van der Waals surface area contributed by atoms with Crippen LogP contribution in [0.2, 0.25) is 0 Å². The molecule has 5 N–H and O–H groups in total. The van der Waals surface area contributed by atoms with Crippen LogP contribution in [0, 0.1) is 0 Å². The van der Waals surface area contributed by atoms with E-state index in [0.717, 1.165) is 0 Å². The molecule has 150 valence electrons. The minimum Gasteiger partial charge on any atom is -0.504 e. The number of carboxylic acid groups (broad SMARTS) is 1. The van der Waals surface area contributed by atoms with Gasteiger partial charge < -0.3 is 30.5 Å². The number of benzene rings is 2. The van der Waals surface area contributed by atoms with Crippen LogP contribution in [0.25, 0.3) is 0 Å². The van der Waals surface area contributed by atoms with Gasteiger partial charge in [-0.2, -0.15) is 0 Å². The summed E-state index contributed by atoms with van der Waals surface area (Å²) in [6, 6.07) is 9.07. The minimum atomic E-state index is -1.29. The molecule has 0 fully saturated rings. The van der Waals surface area contributed by atoms with Crippen molar-refractivity contribution in [1.29, 1.82) is 0 Å². The van der Waals surface area contributed by atoms with E-state index >= 15 is 0 Å². The Morgan fingerprint density at radius 3 is 2.25 bits per heavy atom. The molecule has 0 aliphatic heterocycles. The lowest BCUT2D eigenvalue weighted by Gasteiger charge is -2.25. The van der Waals surface area contributed by atoms with Crippen molar-refractivity contribution in [1.82, 2.24) is 0 Å². The molecule has 8 nitrogen and oxygen atoms in total. The molecule has 0 spiro atoms. The molecule has 0 aliphatic carbocycles. The Balaban J connectivity index is 2.14. The topological polar surface area (TPSA) is 139 Å². The molecule has 2 aromatic rings. The van der Waals surface area contributed by atoms with Crippen molar-refractivity contribution in [2.45, 2.75) is 31.4 Å². The van der Waals surface area contributed by atoms with Gasteiger partial charge in [0.05, 0.1) is 12.7 Å². The second-order valence-electron chi connectivity index (χ2n) is 6.40. The van der Waals surface area contributed by atoms with E-state index in [4.69, 9.17) is 15.2 Å². The van der Waals surface area contributed by atoms with Crippen LogP contribution in [0.15, 0.2) is 42.5 Å². The minimum absolute atomic E-state index is 0.111. The number of phenols is 2. The summed E-state index contributed by atoms with van der Waals surface area (Å²) >= 11 is 0. The molecule has 0 radical (unpaired) electrons. The summed E-state index contributed by atoms with van der Waals surface area (Å²) in [5, 5.41) is 28.5. The maximum Gasteiger partial charge on any atom is 0.338 e. The van der Waals surface area contributed by atoms with Gasteiger partial charge in [-0.3, -0.25) is 4.79 Å². The quantitative estimate of drug-likeness (QED) is 0.398. The van der Waals surface area contributed by atoms with Crippen molar-refractivity contribution in [3.05, 3.63) is 53.6 Å². The van der Waals surface area contributed by atoms with Gasteiger partial charge in [-0.1, -0.05) is 6.07 Å².